The van der Waals surface area contributed by atoms with Crippen LogP contribution in [0.5, 0.6) is 0 Å². The van der Waals surface area contributed by atoms with Gasteiger partial charge in [0.15, 0.2) is 0 Å². The molecule has 1 saturated carbocycles. The summed E-state index contributed by atoms with van der Waals surface area (Å²) < 4.78 is 0. The predicted octanol–water partition coefficient (Wildman–Crippen LogP) is 1.47. The first kappa shape index (κ1) is 12.5. The van der Waals surface area contributed by atoms with E-state index in [1.54, 1.807) is 18.3 Å². The number of carbonyl (C=O) groups is 2. The molecule has 2 N–H and O–H groups in total. The van der Waals surface area contributed by atoms with E-state index in [4.69, 9.17) is 0 Å². The van der Waals surface area contributed by atoms with Crippen molar-refractivity contribution in [2.24, 2.45) is 0 Å². The number of nitrogens with zero attached hydrogens (tertiary/aromatic N) is 1. The number of hydrogen-bond donors (Lipinski definition) is 2. The molecule has 1 aromatic rings. The Kier molecular flexibility index (Phi) is 4.28. The molecule has 96 valence electrons. The fourth-order valence-electron chi connectivity index (χ4n) is 2.12. The average Bonchev–Trinajstić information content (AvgIpc) is 2.41. The maximum absolute atomic E-state index is 11.7. The summed E-state index contributed by atoms with van der Waals surface area (Å²) in [6.45, 7) is 0. The maximum atomic E-state index is 11.7. The minimum Gasteiger partial charge on any atom is -0.345 e. The number of nitrogens with one attached hydrogen (secondary N) is 2. The summed E-state index contributed by atoms with van der Waals surface area (Å²) in [5, 5.41) is 5.29. The van der Waals surface area contributed by atoms with Crippen LogP contribution in [-0.4, -0.2) is 22.8 Å². The minimum atomic E-state index is -0.631. The first-order valence-electron chi connectivity index (χ1n) is 6.27. The summed E-state index contributed by atoms with van der Waals surface area (Å²) in [7, 11) is 0. The molecule has 0 bridgehead atoms. The summed E-state index contributed by atoms with van der Waals surface area (Å²) >= 11 is 0. The van der Waals surface area contributed by atoms with Crippen molar-refractivity contribution in [1.29, 1.82) is 0 Å². The van der Waals surface area contributed by atoms with E-state index in [9.17, 15) is 9.59 Å². The van der Waals surface area contributed by atoms with Crippen molar-refractivity contribution < 1.29 is 9.59 Å². The Balaban J connectivity index is 1.83. The third kappa shape index (κ3) is 3.55. The molecule has 1 heterocycles. The van der Waals surface area contributed by atoms with Crippen LogP contribution in [0.1, 0.15) is 32.1 Å². The predicted molar refractivity (Wildman–Crippen MR) is 67.9 cm³/mol. The highest BCUT2D eigenvalue weighted by Crippen LogP contribution is 2.17. The van der Waals surface area contributed by atoms with Gasteiger partial charge in [-0.2, -0.15) is 0 Å². The molecule has 0 aliphatic heterocycles. The van der Waals surface area contributed by atoms with Crippen molar-refractivity contribution in [3.63, 3.8) is 0 Å². The van der Waals surface area contributed by atoms with E-state index in [0.29, 0.717) is 5.69 Å². The van der Waals surface area contributed by atoms with Crippen molar-refractivity contribution >= 4 is 17.5 Å². The molecule has 18 heavy (non-hydrogen) atoms. The highest BCUT2D eigenvalue weighted by molar-refractivity contribution is 6.39. The lowest BCUT2D eigenvalue weighted by atomic mass is 9.95. The average molecular weight is 247 g/mol. The monoisotopic (exact) mass is 247 g/mol. The number of anilines is 1. The molecule has 0 radical (unpaired) electrons. The smallest absolute Gasteiger partial charge is 0.313 e. The van der Waals surface area contributed by atoms with E-state index in [0.717, 1.165) is 25.7 Å². The van der Waals surface area contributed by atoms with Crippen LogP contribution in [-0.2, 0) is 9.59 Å². The lowest BCUT2D eigenvalue weighted by Gasteiger charge is -2.22. The number of carbonyl (C=O) groups excluding carboxylic acids is 2. The molecule has 0 unspecified atom stereocenters. The van der Waals surface area contributed by atoms with Crippen LogP contribution in [0, 0.1) is 0 Å². The topological polar surface area (TPSA) is 71.1 Å². The third-order valence-corrected chi connectivity index (χ3v) is 3.07. The summed E-state index contributed by atoms with van der Waals surface area (Å²) in [4.78, 5) is 27.2. The van der Waals surface area contributed by atoms with Gasteiger partial charge in [0.2, 0.25) is 0 Å². The first-order chi connectivity index (χ1) is 8.75. The van der Waals surface area contributed by atoms with Gasteiger partial charge in [0, 0.05) is 12.2 Å². The standard InChI is InChI=1S/C13H17N3O2/c17-12(15-10-5-2-1-3-6-10)13(18)16-11-7-4-8-14-9-11/h4,7-10H,1-3,5-6H2,(H,15,17)(H,16,18). The molecule has 1 aromatic heterocycles. The molecule has 0 saturated heterocycles. The molecule has 1 aliphatic rings. The van der Waals surface area contributed by atoms with Gasteiger partial charge in [0.05, 0.1) is 11.9 Å². The molecule has 5 heteroatoms. The van der Waals surface area contributed by atoms with Crippen molar-refractivity contribution in [2.75, 3.05) is 5.32 Å². The fraction of sp³-hybridized carbons (Fsp3) is 0.462. The zero-order valence-corrected chi connectivity index (χ0v) is 10.2. The molecule has 5 nitrogen and oxygen atoms in total. The highest BCUT2D eigenvalue weighted by atomic mass is 16.2. The molecule has 0 aromatic carbocycles. The molecular weight excluding hydrogens is 230 g/mol. The molecule has 0 atom stereocenters. The Labute approximate surface area is 106 Å². The first-order valence-corrected chi connectivity index (χ1v) is 6.27. The quantitative estimate of drug-likeness (QED) is 0.777. The van der Waals surface area contributed by atoms with E-state index in [-0.39, 0.29) is 6.04 Å². The summed E-state index contributed by atoms with van der Waals surface area (Å²) in [5.41, 5.74) is 0.529. The maximum Gasteiger partial charge on any atom is 0.313 e. The Bertz CT molecular complexity index is 414. The Morgan fingerprint density at radius 1 is 1.17 bits per heavy atom. The zero-order valence-electron chi connectivity index (χ0n) is 10.2. The number of amides is 2. The SMILES string of the molecule is O=C(Nc1cccnc1)C(=O)NC1CCCCC1. The van der Waals surface area contributed by atoms with Crippen LogP contribution in [0.25, 0.3) is 0 Å². The number of aromatic nitrogens is 1. The van der Waals surface area contributed by atoms with Crippen LogP contribution in [0.15, 0.2) is 24.5 Å². The zero-order chi connectivity index (χ0) is 12.8. The summed E-state index contributed by atoms with van der Waals surface area (Å²) in [6.07, 6.45) is 8.50. The van der Waals surface area contributed by atoms with Crippen molar-refractivity contribution in [1.82, 2.24) is 10.3 Å². The van der Waals surface area contributed by atoms with Gasteiger partial charge < -0.3 is 10.6 Å². The van der Waals surface area contributed by atoms with Gasteiger partial charge in [-0.3, -0.25) is 14.6 Å². The molecule has 1 aliphatic carbocycles. The molecule has 1 fully saturated rings. The van der Waals surface area contributed by atoms with Gasteiger partial charge in [0.25, 0.3) is 0 Å². The van der Waals surface area contributed by atoms with Crippen molar-refractivity contribution in [3.8, 4) is 0 Å². The fourth-order valence-corrected chi connectivity index (χ4v) is 2.12. The summed E-state index contributed by atoms with van der Waals surface area (Å²) in [5.74, 6) is -1.20. The van der Waals surface area contributed by atoms with Crippen LogP contribution < -0.4 is 10.6 Å². The Hall–Kier alpha value is -1.91. The van der Waals surface area contributed by atoms with Crippen LogP contribution in [0.4, 0.5) is 5.69 Å². The molecule has 0 spiro atoms. The molecule has 2 rings (SSSR count). The normalized spacial score (nSPS) is 16.0. The minimum absolute atomic E-state index is 0.144. The highest BCUT2D eigenvalue weighted by Gasteiger charge is 2.20. The van der Waals surface area contributed by atoms with Crippen LogP contribution in [0.2, 0.25) is 0 Å². The van der Waals surface area contributed by atoms with E-state index in [1.807, 2.05) is 0 Å². The Morgan fingerprint density at radius 2 is 1.94 bits per heavy atom. The van der Waals surface area contributed by atoms with E-state index in [2.05, 4.69) is 15.6 Å². The number of pyridine rings is 1. The lowest BCUT2D eigenvalue weighted by Crippen LogP contribution is -2.42. The number of hydrogen-bond acceptors (Lipinski definition) is 3. The van der Waals surface area contributed by atoms with Gasteiger partial charge >= 0.3 is 11.8 Å². The van der Waals surface area contributed by atoms with Crippen LogP contribution >= 0.6 is 0 Å². The van der Waals surface area contributed by atoms with Gasteiger partial charge in [-0.25, -0.2) is 0 Å². The Morgan fingerprint density at radius 3 is 2.61 bits per heavy atom. The van der Waals surface area contributed by atoms with E-state index < -0.39 is 11.8 Å². The lowest BCUT2D eigenvalue weighted by molar-refractivity contribution is -0.136. The second kappa shape index (κ2) is 6.14. The van der Waals surface area contributed by atoms with Gasteiger partial charge in [-0.1, -0.05) is 19.3 Å². The second-order valence-electron chi connectivity index (χ2n) is 4.50. The van der Waals surface area contributed by atoms with Gasteiger partial charge in [-0.15, -0.1) is 0 Å². The summed E-state index contributed by atoms with van der Waals surface area (Å²) in [6, 6.07) is 3.54. The van der Waals surface area contributed by atoms with Crippen molar-refractivity contribution in [2.45, 2.75) is 38.1 Å². The van der Waals surface area contributed by atoms with E-state index in [1.165, 1.54) is 12.6 Å². The van der Waals surface area contributed by atoms with Gasteiger partial charge in [0.1, 0.15) is 0 Å². The van der Waals surface area contributed by atoms with Crippen molar-refractivity contribution in [3.05, 3.63) is 24.5 Å². The van der Waals surface area contributed by atoms with E-state index >= 15 is 0 Å². The third-order valence-electron chi connectivity index (χ3n) is 3.07. The second-order valence-corrected chi connectivity index (χ2v) is 4.50. The largest absolute Gasteiger partial charge is 0.345 e. The van der Waals surface area contributed by atoms with Gasteiger partial charge in [-0.05, 0) is 25.0 Å². The molecule has 2 amide bonds. The number of rotatable bonds is 2. The molecular formula is C13H17N3O2. The van der Waals surface area contributed by atoms with Crippen LogP contribution in [0.3, 0.4) is 0 Å².